The lowest BCUT2D eigenvalue weighted by Crippen LogP contribution is -2.47. The number of hydrogen-bond donors (Lipinski definition) is 0. The highest BCUT2D eigenvalue weighted by Gasteiger charge is 2.44. The van der Waals surface area contributed by atoms with Crippen LogP contribution < -0.4 is 0 Å². The van der Waals surface area contributed by atoms with Crippen molar-refractivity contribution >= 4 is 11.9 Å². The van der Waals surface area contributed by atoms with E-state index >= 15 is 0 Å². The van der Waals surface area contributed by atoms with Crippen molar-refractivity contribution in [1.29, 1.82) is 0 Å². The van der Waals surface area contributed by atoms with E-state index in [0.717, 1.165) is 51.3 Å². The van der Waals surface area contributed by atoms with Crippen molar-refractivity contribution in [2.24, 2.45) is 11.8 Å². The van der Waals surface area contributed by atoms with E-state index in [1.54, 1.807) is 18.1 Å². The molecule has 2 heterocycles. The quantitative estimate of drug-likeness (QED) is 0.563. The van der Waals surface area contributed by atoms with Crippen LogP contribution in [-0.4, -0.2) is 73.5 Å². The molecule has 0 saturated carbocycles. The maximum atomic E-state index is 12.8. The number of rotatable bonds is 5. The zero-order valence-electron chi connectivity index (χ0n) is 17.2. The summed E-state index contributed by atoms with van der Waals surface area (Å²) in [5.74, 6) is -0.570. The van der Waals surface area contributed by atoms with Crippen molar-refractivity contribution in [3.63, 3.8) is 0 Å². The number of hydrogen-bond acceptors (Lipinski definition) is 5. The Balaban J connectivity index is 1.36. The first kappa shape index (κ1) is 19.9. The lowest BCUT2D eigenvalue weighted by Gasteiger charge is -2.37. The molecule has 1 aromatic carbocycles. The Morgan fingerprint density at radius 2 is 1.72 bits per heavy atom. The summed E-state index contributed by atoms with van der Waals surface area (Å²) in [5.41, 5.74) is 3.11. The van der Waals surface area contributed by atoms with E-state index in [-0.39, 0.29) is 23.7 Å². The van der Waals surface area contributed by atoms with E-state index in [9.17, 15) is 9.59 Å². The summed E-state index contributed by atoms with van der Waals surface area (Å²) in [6.45, 7) is 5.82. The van der Waals surface area contributed by atoms with Gasteiger partial charge in [0, 0.05) is 58.4 Å². The van der Waals surface area contributed by atoms with Gasteiger partial charge in [-0.15, -0.1) is 0 Å². The fraction of sp³-hybridized carbons (Fsp3) is 0.478. The Hall–Kier alpha value is -2.44. The molecule has 6 heteroatoms. The third kappa shape index (κ3) is 4.14. The molecule has 0 spiro atoms. The molecule has 1 fully saturated rings. The highest BCUT2D eigenvalue weighted by molar-refractivity contribution is 5.95. The SMILES string of the molecule is COC(=O)C1=CN(C)C(=O)[C@@H]2C(CN3CCN(Cc4ccccc4)CC3)=CC[C@H]12. The summed E-state index contributed by atoms with van der Waals surface area (Å²) in [7, 11) is 3.12. The topological polar surface area (TPSA) is 53.1 Å². The van der Waals surface area contributed by atoms with Crippen LogP contribution >= 0.6 is 0 Å². The Labute approximate surface area is 172 Å². The smallest absolute Gasteiger partial charge is 0.335 e. The average Bonchev–Trinajstić information content (AvgIpc) is 3.16. The van der Waals surface area contributed by atoms with Crippen LogP contribution in [0.1, 0.15) is 12.0 Å². The van der Waals surface area contributed by atoms with Crippen molar-refractivity contribution in [2.75, 3.05) is 46.9 Å². The number of fused-ring (bicyclic) bond motifs is 1. The van der Waals surface area contributed by atoms with E-state index in [2.05, 4.69) is 46.2 Å². The van der Waals surface area contributed by atoms with Crippen LogP contribution in [0.15, 0.2) is 53.8 Å². The van der Waals surface area contributed by atoms with E-state index in [1.807, 2.05) is 0 Å². The molecule has 0 radical (unpaired) electrons. The standard InChI is InChI=1S/C23H29N3O3/c1-24-16-20(23(28)29-2)19-9-8-18(21(19)22(24)27)15-26-12-10-25(11-13-26)14-17-6-4-3-5-7-17/h3-8,16,19,21H,9-15H2,1-2H3/t19-,21-/m1/s1. The van der Waals surface area contributed by atoms with Gasteiger partial charge in [0.2, 0.25) is 5.91 Å². The Bertz CT molecular complexity index is 825. The van der Waals surface area contributed by atoms with E-state index in [4.69, 9.17) is 4.74 Å². The number of methoxy groups -OCH3 is 1. The van der Waals surface area contributed by atoms with Crippen molar-refractivity contribution in [3.05, 3.63) is 59.3 Å². The van der Waals surface area contributed by atoms with Crippen LogP contribution in [0.3, 0.4) is 0 Å². The summed E-state index contributed by atoms with van der Waals surface area (Å²) in [6.07, 6.45) is 4.54. The number of piperazine rings is 1. The molecule has 4 rings (SSSR count). The molecule has 3 aliphatic rings. The molecule has 1 saturated heterocycles. The van der Waals surface area contributed by atoms with E-state index < -0.39 is 0 Å². The second-order valence-corrected chi connectivity index (χ2v) is 8.16. The number of allylic oxidation sites excluding steroid dienone is 1. The van der Waals surface area contributed by atoms with Crippen LogP contribution in [0.25, 0.3) is 0 Å². The highest BCUT2D eigenvalue weighted by atomic mass is 16.5. The number of carbonyl (C=O) groups excluding carboxylic acids is 2. The second-order valence-electron chi connectivity index (χ2n) is 8.16. The fourth-order valence-corrected chi connectivity index (χ4v) is 4.71. The first-order valence-electron chi connectivity index (χ1n) is 10.3. The van der Waals surface area contributed by atoms with Crippen LogP contribution in [0.2, 0.25) is 0 Å². The monoisotopic (exact) mass is 395 g/mol. The Morgan fingerprint density at radius 3 is 2.38 bits per heavy atom. The largest absolute Gasteiger partial charge is 0.466 e. The van der Waals surface area contributed by atoms with Gasteiger partial charge in [0.25, 0.3) is 0 Å². The molecule has 1 aliphatic carbocycles. The van der Waals surface area contributed by atoms with Crippen molar-refractivity contribution in [2.45, 2.75) is 13.0 Å². The zero-order chi connectivity index (χ0) is 20.4. The fourth-order valence-electron chi connectivity index (χ4n) is 4.71. The minimum atomic E-state index is -0.330. The Morgan fingerprint density at radius 1 is 1.07 bits per heavy atom. The maximum absolute atomic E-state index is 12.8. The molecular weight excluding hydrogens is 366 g/mol. The van der Waals surface area contributed by atoms with Gasteiger partial charge in [-0.05, 0) is 17.6 Å². The van der Waals surface area contributed by atoms with Gasteiger partial charge in [-0.25, -0.2) is 4.79 Å². The van der Waals surface area contributed by atoms with Crippen molar-refractivity contribution in [1.82, 2.24) is 14.7 Å². The number of nitrogens with zero attached hydrogens (tertiary/aromatic N) is 3. The first-order valence-corrected chi connectivity index (χ1v) is 10.3. The van der Waals surface area contributed by atoms with Gasteiger partial charge in [-0.2, -0.15) is 0 Å². The molecule has 1 amide bonds. The lowest BCUT2D eigenvalue weighted by molar-refractivity contribution is -0.138. The summed E-state index contributed by atoms with van der Waals surface area (Å²) >= 11 is 0. The predicted molar refractivity (Wildman–Crippen MR) is 111 cm³/mol. The highest BCUT2D eigenvalue weighted by Crippen LogP contribution is 2.41. The zero-order valence-corrected chi connectivity index (χ0v) is 17.2. The van der Waals surface area contributed by atoms with Gasteiger partial charge in [-0.1, -0.05) is 36.4 Å². The minimum Gasteiger partial charge on any atom is -0.466 e. The minimum absolute atomic E-state index is 0.0779. The summed E-state index contributed by atoms with van der Waals surface area (Å²) in [5, 5.41) is 0. The molecule has 1 aromatic rings. The van der Waals surface area contributed by atoms with Gasteiger partial charge >= 0.3 is 5.97 Å². The predicted octanol–water partition coefficient (Wildman–Crippen LogP) is 1.90. The third-order valence-corrected chi connectivity index (χ3v) is 6.32. The summed E-state index contributed by atoms with van der Waals surface area (Å²) < 4.78 is 4.94. The van der Waals surface area contributed by atoms with E-state index in [1.165, 1.54) is 12.7 Å². The molecule has 0 aromatic heterocycles. The first-order chi connectivity index (χ1) is 14.1. The maximum Gasteiger partial charge on any atom is 0.335 e. The van der Waals surface area contributed by atoms with Crippen LogP contribution in [0.4, 0.5) is 0 Å². The lowest BCUT2D eigenvalue weighted by atomic mass is 9.82. The molecule has 29 heavy (non-hydrogen) atoms. The molecule has 6 nitrogen and oxygen atoms in total. The van der Waals surface area contributed by atoms with Crippen LogP contribution in [0, 0.1) is 11.8 Å². The number of ether oxygens (including phenoxy) is 1. The second kappa shape index (κ2) is 8.51. The average molecular weight is 396 g/mol. The van der Waals surface area contributed by atoms with Gasteiger partial charge in [-0.3, -0.25) is 14.6 Å². The van der Waals surface area contributed by atoms with Crippen LogP contribution in [-0.2, 0) is 20.9 Å². The van der Waals surface area contributed by atoms with Crippen LogP contribution in [0.5, 0.6) is 0 Å². The molecule has 0 N–H and O–H groups in total. The molecule has 0 bridgehead atoms. The molecule has 2 aliphatic heterocycles. The number of esters is 1. The van der Waals surface area contributed by atoms with Gasteiger partial charge in [0.1, 0.15) is 0 Å². The molecule has 154 valence electrons. The molecule has 0 unspecified atom stereocenters. The van der Waals surface area contributed by atoms with Gasteiger partial charge in [0.05, 0.1) is 18.6 Å². The Kier molecular flexibility index (Phi) is 5.83. The normalized spacial score (nSPS) is 25.4. The number of amides is 1. The van der Waals surface area contributed by atoms with E-state index in [0.29, 0.717) is 5.57 Å². The molecular formula is C23H29N3O3. The third-order valence-electron chi connectivity index (χ3n) is 6.32. The molecule has 2 atom stereocenters. The van der Waals surface area contributed by atoms with Crippen molar-refractivity contribution in [3.8, 4) is 0 Å². The number of benzene rings is 1. The summed E-state index contributed by atoms with van der Waals surface area (Å²) in [6, 6.07) is 10.6. The van der Waals surface area contributed by atoms with Gasteiger partial charge in [0.15, 0.2) is 0 Å². The number of carbonyl (C=O) groups is 2. The summed E-state index contributed by atoms with van der Waals surface area (Å²) in [4.78, 5) is 31.5. The van der Waals surface area contributed by atoms with Crippen molar-refractivity contribution < 1.29 is 14.3 Å². The van der Waals surface area contributed by atoms with Gasteiger partial charge < -0.3 is 9.64 Å².